The molecule has 162 valence electrons. The Hall–Kier alpha value is -2.46. The van der Waals surface area contributed by atoms with Gasteiger partial charge < -0.3 is 5.11 Å². The minimum atomic E-state index is -0.446. The van der Waals surface area contributed by atoms with Crippen molar-refractivity contribution in [3.63, 3.8) is 0 Å². The first-order valence-corrected chi connectivity index (χ1v) is 10.7. The summed E-state index contributed by atoms with van der Waals surface area (Å²) in [6.07, 6.45) is 4.36. The maximum absolute atomic E-state index is 13.1. The molecular formula is C27H29ClFNO. The van der Waals surface area contributed by atoms with E-state index < -0.39 is 6.10 Å². The van der Waals surface area contributed by atoms with E-state index in [1.807, 2.05) is 30.3 Å². The first kappa shape index (κ1) is 23.2. The van der Waals surface area contributed by atoms with E-state index in [9.17, 15) is 9.50 Å². The van der Waals surface area contributed by atoms with Gasteiger partial charge in [-0.1, -0.05) is 72.8 Å². The van der Waals surface area contributed by atoms with Crippen LogP contribution in [0, 0.1) is 5.82 Å². The number of benzene rings is 3. The van der Waals surface area contributed by atoms with Crippen LogP contribution in [0.15, 0.2) is 84.9 Å². The summed E-state index contributed by atoms with van der Waals surface area (Å²) >= 11 is 0. The largest absolute Gasteiger partial charge is 0.388 e. The van der Waals surface area contributed by atoms with Gasteiger partial charge in [0.2, 0.25) is 0 Å². The third kappa shape index (κ3) is 6.51. The summed E-state index contributed by atoms with van der Waals surface area (Å²) in [7, 11) is 0. The first-order valence-electron chi connectivity index (χ1n) is 10.7. The van der Waals surface area contributed by atoms with Crippen LogP contribution in [0.1, 0.15) is 41.2 Å². The number of rotatable bonds is 7. The van der Waals surface area contributed by atoms with Crippen LogP contribution in [0.4, 0.5) is 4.39 Å². The molecule has 1 aliphatic rings. The Morgan fingerprint density at radius 2 is 1.55 bits per heavy atom. The lowest BCUT2D eigenvalue weighted by atomic mass is 9.98. The standard InChI is InChI=1S/C27H28FNO.ClH/c28-26-12-10-23(11-13-26)24-14-17-29(18-15-24)19-16-27(30)25-8-6-22(7-9-25)20-21-4-2-1-3-5-21;/h1-14,27,30H,15-20H2;1H. The van der Waals surface area contributed by atoms with Gasteiger partial charge in [0.25, 0.3) is 0 Å². The monoisotopic (exact) mass is 437 g/mol. The molecule has 1 aliphatic heterocycles. The van der Waals surface area contributed by atoms with Gasteiger partial charge in [-0.2, -0.15) is 0 Å². The Labute approximate surface area is 190 Å². The van der Waals surface area contributed by atoms with Gasteiger partial charge >= 0.3 is 0 Å². The molecule has 0 aliphatic carbocycles. The highest BCUT2D eigenvalue weighted by Crippen LogP contribution is 2.24. The Morgan fingerprint density at radius 3 is 2.19 bits per heavy atom. The van der Waals surface area contributed by atoms with Crippen molar-refractivity contribution in [3.05, 3.63) is 113 Å². The molecule has 0 radical (unpaired) electrons. The smallest absolute Gasteiger partial charge is 0.123 e. The molecule has 4 heteroatoms. The minimum absolute atomic E-state index is 0. The van der Waals surface area contributed by atoms with Gasteiger partial charge in [-0.25, -0.2) is 4.39 Å². The fourth-order valence-corrected chi connectivity index (χ4v) is 4.00. The topological polar surface area (TPSA) is 23.5 Å². The number of nitrogens with zero attached hydrogens (tertiary/aromatic N) is 1. The van der Waals surface area contributed by atoms with Gasteiger partial charge in [-0.05, 0) is 59.2 Å². The highest BCUT2D eigenvalue weighted by molar-refractivity contribution is 5.85. The Kier molecular flexibility index (Phi) is 8.42. The molecule has 0 bridgehead atoms. The molecule has 0 saturated heterocycles. The molecule has 0 fully saturated rings. The van der Waals surface area contributed by atoms with E-state index >= 15 is 0 Å². The van der Waals surface area contributed by atoms with E-state index in [1.165, 1.54) is 28.8 Å². The van der Waals surface area contributed by atoms with Crippen molar-refractivity contribution < 1.29 is 9.50 Å². The summed E-state index contributed by atoms with van der Waals surface area (Å²) in [6, 6.07) is 25.5. The van der Waals surface area contributed by atoms with Gasteiger partial charge in [0.1, 0.15) is 5.82 Å². The quantitative estimate of drug-likeness (QED) is 0.486. The zero-order valence-corrected chi connectivity index (χ0v) is 18.4. The Morgan fingerprint density at radius 1 is 0.871 bits per heavy atom. The number of hydrogen-bond acceptors (Lipinski definition) is 2. The van der Waals surface area contributed by atoms with E-state index in [0.717, 1.165) is 50.0 Å². The van der Waals surface area contributed by atoms with Gasteiger partial charge in [-0.3, -0.25) is 4.90 Å². The van der Waals surface area contributed by atoms with Crippen molar-refractivity contribution >= 4 is 18.0 Å². The Balaban J connectivity index is 0.00000272. The van der Waals surface area contributed by atoms with E-state index in [2.05, 4.69) is 47.4 Å². The van der Waals surface area contributed by atoms with Crippen molar-refractivity contribution in [1.29, 1.82) is 0 Å². The minimum Gasteiger partial charge on any atom is -0.388 e. The first-order chi connectivity index (χ1) is 14.7. The molecule has 0 amide bonds. The highest BCUT2D eigenvalue weighted by Gasteiger charge is 2.15. The summed E-state index contributed by atoms with van der Waals surface area (Å²) in [4.78, 5) is 2.36. The summed E-state index contributed by atoms with van der Waals surface area (Å²) in [5.74, 6) is -0.195. The molecule has 2 nitrogen and oxygen atoms in total. The van der Waals surface area contributed by atoms with Crippen LogP contribution >= 0.6 is 12.4 Å². The third-order valence-electron chi connectivity index (χ3n) is 5.84. The summed E-state index contributed by atoms with van der Waals surface area (Å²) in [6.45, 7) is 2.70. The predicted molar refractivity (Wildman–Crippen MR) is 128 cm³/mol. The van der Waals surface area contributed by atoms with Crippen molar-refractivity contribution in [2.45, 2.75) is 25.4 Å². The SMILES string of the molecule is Cl.OC(CCN1CC=C(c2ccc(F)cc2)CC1)c1ccc(Cc2ccccc2)cc1. The van der Waals surface area contributed by atoms with Crippen LogP contribution in [0.3, 0.4) is 0 Å². The second-order valence-electron chi connectivity index (χ2n) is 8.00. The molecule has 3 aromatic carbocycles. The average Bonchev–Trinajstić information content (AvgIpc) is 2.80. The van der Waals surface area contributed by atoms with E-state index in [1.54, 1.807) is 0 Å². The van der Waals surface area contributed by atoms with E-state index in [4.69, 9.17) is 0 Å². The third-order valence-corrected chi connectivity index (χ3v) is 5.84. The fourth-order valence-electron chi connectivity index (χ4n) is 4.00. The number of halogens is 2. The molecular weight excluding hydrogens is 409 g/mol. The maximum atomic E-state index is 13.1. The molecule has 0 saturated carbocycles. The molecule has 1 N–H and O–H groups in total. The van der Waals surface area contributed by atoms with Crippen LogP contribution in [0.25, 0.3) is 5.57 Å². The summed E-state index contributed by atoms with van der Waals surface area (Å²) < 4.78 is 13.1. The van der Waals surface area contributed by atoms with Gasteiger partial charge in [-0.15, -0.1) is 12.4 Å². The van der Waals surface area contributed by atoms with Crippen LogP contribution in [0.5, 0.6) is 0 Å². The average molecular weight is 438 g/mol. The number of aliphatic hydroxyl groups excluding tert-OH is 1. The molecule has 1 atom stereocenters. The zero-order chi connectivity index (χ0) is 20.8. The fraction of sp³-hybridized carbons (Fsp3) is 0.259. The Bertz CT molecular complexity index is 970. The van der Waals surface area contributed by atoms with E-state index in [0.29, 0.717) is 0 Å². The summed E-state index contributed by atoms with van der Waals surface area (Å²) in [5, 5.41) is 10.6. The van der Waals surface area contributed by atoms with Crippen LogP contribution in [0.2, 0.25) is 0 Å². The normalized spacial score (nSPS) is 15.1. The van der Waals surface area contributed by atoms with Crippen molar-refractivity contribution in [2.75, 3.05) is 19.6 Å². The van der Waals surface area contributed by atoms with Gasteiger partial charge in [0.15, 0.2) is 0 Å². The van der Waals surface area contributed by atoms with Gasteiger partial charge in [0, 0.05) is 19.6 Å². The highest BCUT2D eigenvalue weighted by atomic mass is 35.5. The van der Waals surface area contributed by atoms with Crippen LogP contribution in [-0.4, -0.2) is 29.6 Å². The molecule has 4 rings (SSSR count). The second-order valence-corrected chi connectivity index (χ2v) is 8.00. The zero-order valence-electron chi connectivity index (χ0n) is 17.6. The molecule has 0 aromatic heterocycles. The molecule has 0 spiro atoms. The molecule has 31 heavy (non-hydrogen) atoms. The lowest BCUT2D eigenvalue weighted by Crippen LogP contribution is -2.30. The predicted octanol–water partition coefficient (Wildman–Crippen LogP) is 6.05. The second kappa shape index (κ2) is 11.2. The van der Waals surface area contributed by atoms with E-state index in [-0.39, 0.29) is 18.2 Å². The lowest BCUT2D eigenvalue weighted by Gasteiger charge is -2.27. The van der Waals surface area contributed by atoms with Gasteiger partial charge in [0.05, 0.1) is 6.10 Å². The maximum Gasteiger partial charge on any atom is 0.123 e. The number of aliphatic hydroxyl groups is 1. The van der Waals surface area contributed by atoms with Crippen molar-refractivity contribution in [1.82, 2.24) is 4.90 Å². The van der Waals surface area contributed by atoms with Crippen molar-refractivity contribution in [3.8, 4) is 0 Å². The lowest BCUT2D eigenvalue weighted by molar-refractivity contribution is 0.145. The van der Waals surface area contributed by atoms with Crippen molar-refractivity contribution in [2.24, 2.45) is 0 Å². The molecule has 1 heterocycles. The van der Waals surface area contributed by atoms with Crippen LogP contribution < -0.4 is 0 Å². The summed E-state index contributed by atoms with van der Waals surface area (Å²) in [5.41, 5.74) is 5.91. The van der Waals surface area contributed by atoms with Crippen LogP contribution in [-0.2, 0) is 6.42 Å². The molecule has 1 unspecified atom stereocenters. The number of hydrogen-bond donors (Lipinski definition) is 1. The molecule has 3 aromatic rings.